The molecule has 0 fully saturated rings. The van der Waals surface area contributed by atoms with Gasteiger partial charge in [0.15, 0.2) is 5.57 Å². The molecule has 3 aromatic carbocycles. The molecule has 2 heterocycles. The standard InChI is InChI=1S/C31H22N4O5S/c1-20(21-8-4-2-5-9-21)33-29(36)26(19-32)31-34(23-10-6-3-7-11-23)30(37)28(41-31)18-25-16-17-27(40-25)22-12-14-24(15-13-22)35(38)39/h2-18,20H,1H3,(H,33,36)/b28-18+,31-26+/t20-/m0/s1. The van der Waals surface area contributed by atoms with Crippen LogP contribution in [0.25, 0.3) is 28.7 Å². The van der Waals surface area contributed by atoms with Crippen molar-refractivity contribution in [3.05, 3.63) is 138 Å². The number of non-ortho nitro benzene ring substituents is 1. The summed E-state index contributed by atoms with van der Waals surface area (Å²) in [5.41, 5.74) is 1.37. The second-order valence-electron chi connectivity index (χ2n) is 8.99. The highest BCUT2D eigenvalue weighted by atomic mass is 32.1. The molecule has 1 N–H and O–H groups in total. The van der Waals surface area contributed by atoms with Crippen LogP contribution in [0.15, 0.2) is 106 Å². The van der Waals surface area contributed by atoms with E-state index in [1.165, 1.54) is 16.7 Å². The highest BCUT2D eigenvalue weighted by Crippen LogP contribution is 2.24. The van der Waals surface area contributed by atoms with Crippen molar-refractivity contribution in [2.45, 2.75) is 13.0 Å². The highest BCUT2D eigenvalue weighted by molar-refractivity contribution is 7.07. The predicted molar refractivity (Wildman–Crippen MR) is 156 cm³/mol. The number of nitrogens with one attached hydrogen (secondary N) is 1. The van der Waals surface area contributed by atoms with E-state index in [1.54, 1.807) is 60.7 Å². The van der Waals surface area contributed by atoms with Gasteiger partial charge in [0.2, 0.25) is 0 Å². The number of nitrogens with zero attached hydrogens (tertiary/aromatic N) is 3. The van der Waals surface area contributed by atoms with Crippen LogP contribution in [0.3, 0.4) is 0 Å². The summed E-state index contributed by atoms with van der Waals surface area (Å²) in [6.07, 6.45) is 1.55. The van der Waals surface area contributed by atoms with Gasteiger partial charge in [0.1, 0.15) is 22.3 Å². The number of nitro benzene ring substituents is 1. The Balaban J connectivity index is 1.59. The number of carbonyl (C=O) groups is 1. The Bertz CT molecular complexity index is 1950. The Labute approximate surface area is 237 Å². The maximum Gasteiger partial charge on any atom is 0.273 e. The van der Waals surface area contributed by atoms with Crippen LogP contribution < -0.4 is 20.1 Å². The van der Waals surface area contributed by atoms with Crippen LogP contribution in [-0.2, 0) is 4.79 Å². The van der Waals surface area contributed by atoms with E-state index in [0.29, 0.717) is 22.8 Å². The highest BCUT2D eigenvalue weighted by Gasteiger charge is 2.19. The fourth-order valence-electron chi connectivity index (χ4n) is 4.21. The van der Waals surface area contributed by atoms with E-state index in [-0.39, 0.29) is 26.5 Å². The first-order chi connectivity index (χ1) is 19.9. The molecule has 5 rings (SSSR count). The maximum atomic E-state index is 13.6. The van der Waals surface area contributed by atoms with E-state index < -0.39 is 16.4 Å². The summed E-state index contributed by atoms with van der Waals surface area (Å²) in [5.74, 6) is 0.230. The largest absolute Gasteiger partial charge is 0.457 e. The smallest absolute Gasteiger partial charge is 0.273 e. The zero-order chi connectivity index (χ0) is 28.9. The van der Waals surface area contributed by atoms with Crippen LogP contribution in [0.2, 0.25) is 0 Å². The number of aromatic nitrogens is 1. The molecule has 1 atom stereocenters. The number of carbonyl (C=O) groups excluding carboxylic acids is 1. The maximum absolute atomic E-state index is 13.6. The van der Waals surface area contributed by atoms with Crippen molar-refractivity contribution in [3.8, 4) is 23.1 Å². The summed E-state index contributed by atoms with van der Waals surface area (Å²) in [7, 11) is 0. The molecule has 202 valence electrons. The summed E-state index contributed by atoms with van der Waals surface area (Å²) in [6.45, 7) is 1.82. The molecule has 0 aliphatic rings. The average molecular weight is 563 g/mol. The van der Waals surface area contributed by atoms with Crippen molar-refractivity contribution in [3.63, 3.8) is 0 Å². The molecule has 0 unspecified atom stereocenters. The molecule has 41 heavy (non-hydrogen) atoms. The van der Waals surface area contributed by atoms with Crippen molar-refractivity contribution in [1.29, 1.82) is 5.26 Å². The zero-order valence-corrected chi connectivity index (χ0v) is 22.5. The molecule has 1 amide bonds. The summed E-state index contributed by atoms with van der Waals surface area (Å²) < 4.78 is 7.70. The van der Waals surface area contributed by atoms with Gasteiger partial charge in [0.05, 0.1) is 21.2 Å². The molecule has 0 aliphatic carbocycles. The number of thiazole rings is 1. The molecular weight excluding hydrogens is 540 g/mol. The lowest BCUT2D eigenvalue weighted by atomic mass is 10.1. The first kappa shape index (κ1) is 27.1. The number of rotatable bonds is 7. The SMILES string of the molecule is C[C@H](NC(=O)/C(C#N)=c1/s/c(=C/c2ccc(-c3ccc([N+](=O)[O-])cc3)o2)c(=O)n1-c1ccccc1)c1ccccc1. The van der Waals surface area contributed by atoms with Crippen molar-refractivity contribution in [1.82, 2.24) is 9.88 Å². The van der Waals surface area contributed by atoms with E-state index in [0.717, 1.165) is 16.9 Å². The van der Waals surface area contributed by atoms with Crippen LogP contribution in [0, 0.1) is 21.4 Å². The van der Waals surface area contributed by atoms with Crippen molar-refractivity contribution < 1.29 is 14.1 Å². The van der Waals surface area contributed by atoms with Crippen LogP contribution >= 0.6 is 11.3 Å². The van der Waals surface area contributed by atoms with Crippen molar-refractivity contribution in [2.75, 3.05) is 0 Å². The lowest BCUT2D eigenvalue weighted by Crippen LogP contribution is -2.34. The number of hydrogen-bond donors (Lipinski definition) is 1. The molecule has 10 heteroatoms. The minimum absolute atomic E-state index is 0.0357. The summed E-state index contributed by atoms with van der Waals surface area (Å²) in [4.78, 5) is 37.4. The molecule has 5 aromatic rings. The third kappa shape index (κ3) is 5.75. The lowest BCUT2D eigenvalue weighted by molar-refractivity contribution is -0.384. The molecule has 9 nitrogen and oxygen atoms in total. The van der Waals surface area contributed by atoms with Crippen LogP contribution in [0.1, 0.15) is 24.3 Å². The molecule has 0 saturated heterocycles. The molecule has 0 radical (unpaired) electrons. The molecule has 0 bridgehead atoms. The van der Waals surface area contributed by atoms with E-state index >= 15 is 0 Å². The summed E-state index contributed by atoms with van der Waals surface area (Å²) >= 11 is 1.01. The molecular formula is C31H22N4O5S. The number of benzene rings is 3. The van der Waals surface area contributed by atoms with Gasteiger partial charge in [-0.15, -0.1) is 11.3 Å². The monoisotopic (exact) mass is 562 g/mol. The Morgan fingerprint density at radius 1 is 1.02 bits per heavy atom. The molecule has 0 saturated carbocycles. The Morgan fingerprint density at radius 2 is 1.68 bits per heavy atom. The second kappa shape index (κ2) is 11.7. The fraction of sp³-hybridized carbons (Fsp3) is 0.0645. The number of nitro groups is 1. The normalized spacial score (nSPS) is 12.8. The second-order valence-corrected chi connectivity index (χ2v) is 10.0. The van der Waals surface area contributed by atoms with Crippen LogP contribution in [0.4, 0.5) is 5.69 Å². The number of hydrogen-bond acceptors (Lipinski definition) is 7. The van der Waals surface area contributed by atoms with Gasteiger partial charge >= 0.3 is 0 Å². The molecule has 0 spiro atoms. The van der Waals surface area contributed by atoms with E-state index in [4.69, 9.17) is 4.42 Å². The summed E-state index contributed by atoms with van der Waals surface area (Å²) in [5, 5.41) is 23.9. The van der Waals surface area contributed by atoms with Crippen LogP contribution in [0.5, 0.6) is 0 Å². The fourth-order valence-corrected chi connectivity index (χ4v) is 5.30. The first-order valence-electron chi connectivity index (χ1n) is 12.5. The van der Waals surface area contributed by atoms with Crippen molar-refractivity contribution >= 4 is 34.6 Å². The first-order valence-corrected chi connectivity index (χ1v) is 13.3. The predicted octanol–water partition coefficient (Wildman–Crippen LogP) is 4.45. The third-order valence-electron chi connectivity index (χ3n) is 6.30. The van der Waals surface area contributed by atoms with Gasteiger partial charge in [-0.2, -0.15) is 5.26 Å². The van der Waals surface area contributed by atoms with E-state index in [2.05, 4.69) is 5.32 Å². The van der Waals surface area contributed by atoms with Gasteiger partial charge in [0, 0.05) is 23.8 Å². The summed E-state index contributed by atoms with van der Waals surface area (Å²) in [6, 6.07) is 29.1. The minimum Gasteiger partial charge on any atom is -0.457 e. The molecule has 0 aliphatic heterocycles. The Hall–Kier alpha value is -5.53. The van der Waals surface area contributed by atoms with Crippen molar-refractivity contribution in [2.24, 2.45) is 0 Å². The van der Waals surface area contributed by atoms with Gasteiger partial charge in [-0.3, -0.25) is 24.3 Å². The van der Waals surface area contributed by atoms with Gasteiger partial charge in [-0.05, 0) is 48.9 Å². The van der Waals surface area contributed by atoms with E-state index in [1.807, 2.05) is 43.3 Å². The van der Waals surface area contributed by atoms with Crippen LogP contribution in [-0.4, -0.2) is 15.4 Å². The van der Waals surface area contributed by atoms with Gasteiger partial charge in [-0.1, -0.05) is 48.5 Å². The number of amides is 1. The number of furan rings is 1. The Kier molecular flexibility index (Phi) is 7.71. The quantitative estimate of drug-likeness (QED) is 0.230. The van der Waals surface area contributed by atoms with Gasteiger partial charge < -0.3 is 9.73 Å². The average Bonchev–Trinajstić information content (AvgIpc) is 3.59. The third-order valence-corrected chi connectivity index (χ3v) is 7.39. The topological polar surface area (TPSA) is 131 Å². The Morgan fingerprint density at radius 3 is 2.32 bits per heavy atom. The van der Waals surface area contributed by atoms with E-state index in [9.17, 15) is 25.0 Å². The van der Waals surface area contributed by atoms with Gasteiger partial charge in [-0.25, -0.2) is 0 Å². The molecule has 2 aromatic heterocycles. The zero-order valence-electron chi connectivity index (χ0n) is 21.7. The lowest BCUT2D eigenvalue weighted by Gasteiger charge is -2.13. The number of para-hydroxylation sites is 1. The van der Waals surface area contributed by atoms with Gasteiger partial charge in [0.25, 0.3) is 17.2 Å². The minimum atomic E-state index is -0.597. The number of nitriles is 1.